The summed E-state index contributed by atoms with van der Waals surface area (Å²) in [5.74, 6) is 1.25. The molecule has 1 aliphatic carbocycles. The van der Waals surface area contributed by atoms with E-state index in [4.69, 9.17) is 15.2 Å². The van der Waals surface area contributed by atoms with Gasteiger partial charge in [-0.1, -0.05) is 6.07 Å². The maximum Gasteiger partial charge on any atom is 0.230 e. The number of pyridine rings is 1. The van der Waals surface area contributed by atoms with Crippen molar-refractivity contribution in [2.45, 2.75) is 25.7 Å². The molecule has 33 heavy (non-hydrogen) atoms. The van der Waals surface area contributed by atoms with E-state index >= 15 is 0 Å². The molecular formula is C24H24N6O3. The number of anilines is 2. The number of amides is 1. The zero-order chi connectivity index (χ0) is 22.9. The maximum atomic E-state index is 12.7. The van der Waals surface area contributed by atoms with E-state index in [1.54, 1.807) is 32.4 Å². The molecule has 3 N–H and O–H groups in total. The summed E-state index contributed by atoms with van der Waals surface area (Å²) < 4.78 is 12.8. The SMILES string of the molecule is COc1cccc(CC(=O)Nc2ccc(-n3c4c(c5ncnc(N)c53)CCC4)cc2OC)n1. The molecule has 5 rings (SSSR count). The average molecular weight is 444 g/mol. The number of aromatic nitrogens is 4. The van der Waals surface area contributed by atoms with E-state index in [-0.39, 0.29) is 12.3 Å². The second kappa shape index (κ2) is 8.42. The maximum absolute atomic E-state index is 12.7. The molecule has 4 aromatic rings. The first-order valence-electron chi connectivity index (χ1n) is 10.7. The molecule has 0 atom stereocenters. The zero-order valence-electron chi connectivity index (χ0n) is 18.5. The molecule has 0 fully saturated rings. The molecule has 1 aliphatic rings. The largest absolute Gasteiger partial charge is 0.494 e. The molecule has 0 radical (unpaired) electrons. The number of nitrogens with zero attached hydrogens (tertiary/aromatic N) is 4. The molecule has 1 amide bonds. The summed E-state index contributed by atoms with van der Waals surface area (Å²) in [5.41, 5.74) is 12.4. The Balaban J connectivity index is 1.47. The highest BCUT2D eigenvalue weighted by molar-refractivity contribution is 5.94. The number of ether oxygens (including phenoxy) is 2. The summed E-state index contributed by atoms with van der Waals surface area (Å²) >= 11 is 0. The Morgan fingerprint density at radius 1 is 1.15 bits per heavy atom. The number of carbonyl (C=O) groups is 1. The van der Waals surface area contributed by atoms with E-state index in [2.05, 4.69) is 24.8 Å². The van der Waals surface area contributed by atoms with Crippen LogP contribution in [0.5, 0.6) is 11.6 Å². The number of rotatable bonds is 6. The van der Waals surface area contributed by atoms with Crippen molar-refractivity contribution in [3.05, 3.63) is 59.7 Å². The zero-order valence-corrected chi connectivity index (χ0v) is 18.5. The molecule has 168 valence electrons. The van der Waals surface area contributed by atoms with E-state index in [1.165, 1.54) is 17.6 Å². The molecule has 3 heterocycles. The van der Waals surface area contributed by atoms with Crippen molar-refractivity contribution in [1.29, 1.82) is 0 Å². The van der Waals surface area contributed by atoms with Crippen LogP contribution in [0, 0.1) is 0 Å². The lowest BCUT2D eigenvalue weighted by atomic mass is 10.2. The van der Waals surface area contributed by atoms with Crippen LogP contribution >= 0.6 is 0 Å². The smallest absolute Gasteiger partial charge is 0.230 e. The number of nitrogens with two attached hydrogens (primary N) is 1. The normalized spacial score (nSPS) is 12.5. The van der Waals surface area contributed by atoms with Crippen molar-refractivity contribution in [3.63, 3.8) is 0 Å². The number of fused-ring (bicyclic) bond motifs is 3. The van der Waals surface area contributed by atoms with E-state index in [0.717, 1.165) is 36.0 Å². The average Bonchev–Trinajstić information content (AvgIpc) is 3.41. The molecule has 9 heteroatoms. The monoisotopic (exact) mass is 444 g/mol. The van der Waals surface area contributed by atoms with Gasteiger partial charge in [0, 0.05) is 23.5 Å². The molecular weight excluding hydrogens is 420 g/mol. The van der Waals surface area contributed by atoms with Crippen LogP contribution in [0.3, 0.4) is 0 Å². The van der Waals surface area contributed by atoms with Crippen molar-refractivity contribution in [1.82, 2.24) is 19.5 Å². The van der Waals surface area contributed by atoms with Crippen molar-refractivity contribution < 1.29 is 14.3 Å². The summed E-state index contributed by atoms with van der Waals surface area (Å²) in [6.07, 6.45) is 4.62. The highest BCUT2D eigenvalue weighted by atomic mass is 16.5. The van der Waals surface area contributed by atoms with E-state index in [0.29, 0.717) is 28.8 Å². The van der Waals surface area contributed by atoms with Crippen molar-refractivity contribution in [2.75, 3.05) is 25.3 Å². The quantitative estimate of drug-likeness (QED) is 0.469. The van der Waals surface area contributed by atoms with Crippen LogP contribution in [0.1, 0.15) is 23.4 Å². The minimum atomic E-state index is -0.202. The third kappa shape index (κ3) is 3.71. The second-order valence-electron chi connectivity index (χ2n) is 7.85. The summed E-state index contributed by atoms with van der Waals surface area (Å²) in [6.45, 7) is 0. The van der Waals surface area contributed by atoms with Crippen LogP contribution in [0.2, 0.25) is 0 Å². The standard InChI is InChI=1S/C24H24N6O3/c1-32-19-12-15(30-18-7-4-6-16(18)22-23(30)24(25)27-13-26-22)9-10-17(19)29-20(31)11-14-5-3-8-21(28-14)33-2/h3,5,8-10,12-13H,4,6-7,11H2,1-2H3,(H,29,31)(H2,25,26,27). The highest BCUT2D eigenvalue weighted by Gasteiger charge is 2.25. The first-order valence-corrected chi connectivity index (χ1v) is 10.7. The number of methoxy groups -OCH3 is 2. The fraction of sp³-hybridized carbons (Fsp3) is 0.250. The lowest BCUT2D eigenvalue weighted by Gasteiger charge is -2.15. The minimum absolute atomic E-state index is 0.117. The predicted molar refractivity (Wildman–Crippen MR) is 125 cm³/mol. The predicted octanol–water partition coefficient (Wildman–Crippen LogP) is 3.08. The van der Waals surface area contributed by atoms with Crippen molar-refractivity contribution >= 4 is 28.4 Å². The van der Waals surface area contributed by atoms with Gasteiger partial charge in [0.15, 0.2) is 5.82 Å². The van der Waals surface area contributed by atoms with E-state index < -0.39 is 0 Å². The fourth-order valence-electron chi connectivity index (χ4n) is 4.43. The number of benzene rings is 1. The van der Waals surface area contributed by atoms with E-state index in [9.17, 15) is 4.79 Å². The number of aryl methyl sites for hydroxylation is 1. The molecule has 0 spiro atoms. The van der Waals surface area contributed by atoms with Crippen LogP contribution in [0.15, 0.2) is 42.7 Å². The Bertz CT molecular complexity index is 1360. The van der Waals surface area contributed by atoms with Crippen molar-refractivity contribution in [3.8, 4) is 17.3 Å². The minimum Gasteiger partial charge on any atom is -0.494 e. The molecule has 3 aromatic heterocycles. The van der Waals surface area contributed by atoms with Crippen LogP contribution in [-0.2, 0) is 24.1 Å². The molecule has 1 aromatic carbocycles. The first-order chi connectivity index (χ1) is 16.1. The van der Waals surface area contributed by atoms with Gasteiger partial charge in [-0.05, 0) is 43.0 Å². The number of hydrogen-bond donors (Lipinski definition) is 2. The molecule has 0 saturated heterocycles. The summed E-state index contributed by atoms with van der Waals surface area (Å²) in [6, 6.07) is 11.0. The number of carbonyl (C=O) groups excluding carboxylic acids is 1. The first kappa shape index (κ1) is 20.7. The van der Waals surface area contributed by atoms with Gasteiger partial charge >= 0.3 is 0 Å². The summed E-state index contributed by atoms with van der Waals surface area (Å²) in [7, 11) is 3.12. The van der Waals surface area contributed by atoms with Gasteiger partial charge in [-0.3, -0.25) is 4.79 Å². The number of nitrogen functional groups attached to an aromatic ring is 1. The molecule has 0 bridgehead atoms. The Labute approximate surface area is 190 Å². The Hall–Kier alpha value is -4.14. The van der Waals surface area contributed by atoms with Gasteiger partial charge in [0.1, 0.15) is 17.6 Å². The fourth-order valence-corrected chi connectivity index (χ4v) is 4.43. The molecule has 0 aliphatic heterocycles. The Kier molecular flexibility index (Phi) is 5.29. The lowest BCUT2D eigenvalue weighted by molar-refractivity contribution is -0.115. The summed E-state index contributed by atoms with van der Waals surface area (Å²) in [5, 5.41) is 2.92. The van der Waals surface area contributed by atoms with Gasteiger partial charge in [0.2, 0.25) is 11.8 Å². The third-order valence-corrected chi connectivity index (χ3v) is 5.87. The number of hydrogen-bond acceptors (Lipinski definition) is 7. The van der Waals surface area contributed by atoms with Crippen LogP contribution < -0.4 is 20.5 Å². The van der Waals surface area contributed by atoms with Gasteiger partial charge in [-0.25, -0.2) is 15.0 Å². The van der Waals surface area contributed by atoms with Crippen LogP contribution in [0.4, 0.5) is 11.5 Å². The Morgan fingerprint density at radius 3 is 2.85 bits per heavy atom. The molecule has 9 nitrogen and oxygen atoms in total. The van der Waals surface area contributed by atoms with Gasteiger partial charge in [-0.15, -0.1) is 0 Å². The second-order valence-corrected chi connectivity index (χ2v) is 7.85. The topological polar surface area (TPSA) is 117 Å². The van der Waals surface area contributed by atoms with Crippen molar-refractivity contribution in [2.24, 2.45) is 0 Å². The van der Waals surface area contributed by atoms with Crippen LogP contribution in [-0.4, -0.2) is 39.6 Å². The van der Waals surface area contributed by atoms with Gasteiger partial charge in [0.05, 0.1) is 37.5 Å². The molecule has 0 unspecified atom stereocenters. The summed E-state index contributed by atoms with van der Waals surface area (Å²) in [4.78, 5) is 25.6. The van der Waals surface area contributed by atoms with Gasteiger partial charge in [-0.2, -0.15) is 0 Å². The van der Waals surface area contributed by atoms with Gasteiger partial charge < -0.3 is 25.1 Å². The van der Waals surface area contributed by atoms with E-state index in [1.807, 2.05) is 18.2 Å². The molecule has 0 saturated carbocycles. The third-order valence-electron chi connectivity index (χ3n) is 5.87. The Morgan fingerprint density at radius 2 is 2.03 bits per heavy atom. The van der Waals surface area contributed by atoms with Gasteiger partial charge in [0.25, 0.3) is 0 Å². The number of nitrogens with one attached hydrogen (secondary N) is 1. The lowest BCUT2D eigenvalue weighted by Crippen LogP contribution is -2.16. The highest BCUT2D eigenvalue weighted by Crippen LogP contribution is 2.38. The van der Waals surface area contributed by atoms with Crippen LogP contribution in [0.25, 0.3) is 16.7 Å².